The SMILES string of the molecule is CC(C)CC(=O)N1Cc2ccccc2CC1C(=O)NC(C)c1ccc(S(=O)(=O)N(C)C)cc1. The summed E-state index contributed by atoms with van der Waals surface area (Å²) < 4.78 is 25.7. The highest BCUT2D eigenvalue weighted by Crippen LogP contribution is 2.26. The number of benzene rings is 2. The fourth-order valence-electron chi connectivity index (χ4n) is 4.02. The summed E-state index contributed by atoms with van der Waals surface area (Å²) in [4.78, 5) is 28.2. The van der Waals surface area contributed by atoms with Gasteiger partial charge < -0.3 is 10.2 Å². The molecular formula is C25H33N3O4S. The zero-order valence-corrected chi connectivity index (χ0v) is 20.7. The molecule has 2 aromatic carbocycles. The first kappa shape index (κ1) is 24.9. The van der Waals surface area contributed by atoms with E-state index in [0.29, 0.717) is 19.4 Å². The normalized spacial score (nSPS) is 17.1. The number of nitrogens with one attached hydrogen (secondary N) is 1. The van der Waals surface area contributed by atoms with Gasteiger partial charge in [0.05, 0.1) is 10.9 Å². The van der Waals surface area contributed by atoms with Crippen LogP contribution in [-0.4, -0.2) is 49.6 Å². The van der Waals surface area contributed by atoms with Gasteiger partial charge in [0.15, 0.2) is 0 Å². The highest BCUT2D eigenvalue weighted by atomic mass is 32.2. The summed E-state index contributed by atoms with van der Waals surface area (Å²) in [6.45, 7) is 6.26. The van der Waals surface area contributed by atoms with Crippen LogP contribution >= 0.6 is 0 Å². The molecule has 2 atom stereocenters. The van der Waals surface area contributed by atoms with Gasteiger partial charge in [-0.1, -0.05) is 50.2 Å². The summed E-state index contributed by atoms with van der Waals surface area (Å²) >= 11 is 0. The molecule has 33 heavy (non-hydrogen) atoms. The number of carbonyl (C=O) groups is 2. The summed E-state index contributed by atoms with van der Waals surface area (Å²) in [6.07, 6.45) is 0.863. The Morgan fingerprint density at radius 3 is 2.21 bits per heavy atom. The Bertz CT molecular complexity index is 1110. The van der Waals surface area contributed by atoms with E-state index in [0.717, 1.165) is 21.0 Å². The van der Waals surface area contributed by atoms with Gasteiger partial charge in [0, 0.05) is 33.5 Å². The monoisotopic (exact) mass is 471 g/mol. The van der Waals surface area contributed by atoms with Crippen molar-refractivity contribution in [1.82, 2.24) is 14.5 Å². The summed E-state index contributed by atoms with van der Waals surface area (Å²) in [5.41, 5.74) is 2.94. The van der Waals surface area contributed by atoms with Crippen LogP contribution in [0, 0.1) is 5.92 Å². The maximum absolute atomic E-state index is 13.3. The summed E-state index contributed by atoms with van der Waals surface area (Å²) in [5, 5.41) is 3.02. The van der Waals surface area contributed by atoms with Gasteiger partial charge in [0.25, 0.3) is 0 Å². The van der Waals surface area contributed by atoms with Crippen LogP contribution in [0.25, 0.3) is 0 Å². The number of sulfonamides is 1. The minimum Gasteiger partial charge on any atom is -0.348 e. The summed E-state index contributed by atoms with van der Waals surface area (Å²) in [6, 6.07) is 13.5. The molecule has 0 fully saturated rings. The minimum atomic E-state index is -3.51. The molecule has 0 saturated heterocycles. The third kappa shape index (κ3) is 5.62. The molecule has 178 valence electrons. The number of nitrogens with zero attached hydrogens (tertiary/aromatic N) is 2. The lowest BCUT2D eigenvalue weighted by molar-refractivity contribution is -0.142. The Morgan fingerprint density at radius 1 is 1.03 bits per heavy atom. The molecule has 0 aromatic heterocycles. The van der Waals surface area contributed by atoms with Crippen LogP contribution in [0.1, 0.15) is 49.9 Å². The molecule has 1 heterocycles. The Hall–Kier alpha value is -2.71. The van der Waals surface area contributed by atoms with Crippen molar-refractivity contribution >= 4 is 21.8 Å². The Morgan fingerprint density at radius 2 is 1.64 bits per heavy atom. The number of amides is 2. The molecule has 3 rings (SSSR count). The van der Waals surface area contributed by atoms with E-state index >= 15 is 0 Å². The fraction of sp³-hybridized carbons (Fsp3) is 0.440. The van der Waals surface area contributed by atoms with E-state index in [2.05, 4.69) is 5.32 Å². The molecule has 2 amide bonds. The van der Waals surface area contributed by atoms with Gasteiger partial charge in [0.1, 0.15) is 6.04 Å². The van der Waals surface area contributed by atoms with Gasteiger partial charge in [0.2, 0.25) is 21.8 Å². The van der Waals surface area contributed by atoms with E-state index < -0.39 is 16.1 Å². The predicted molar refractivity (Wildman–Crippen MR) is 128 cm³/mol. The number of hydrogen-bond donors (Lipinski definition) is 1. The third-order valence-corrected chi connectivity index (χ3v) is 7.80. The lowest BCUT2D eigenvalue weighted by atomic mass is 9.92. The van der Waals surface area contributed by atoms with Crippen LogP contribution in [0.5, 0.6) is 0 Å². The number of rotatable bonds is 7. The quantitative estimate of drug-likeness (QED) is 0.672. The number of carbonyl (C=O) groups excluding carboxylic acids is 2. The van der Waals surface area contributed by atoms with Crippen molar-refractivity contribution in [2.24, 2.45) is 5.92 Å². The van der Waals surface area contributed by atoms with Crippen LogP contribution in [0.4, 0.5) is 0 Å². The average Bonchev–Trinajstić information content (AvgIpc) is 2.77. The van der Waals surface area contributed by atoms with E-state index in [1.807, 2.05) is 45.0 Å². The molecular weight excluding hydrogens is 438 g/mol. The molecule has 8 heteroatoms. The molecule has 7 nitrogen and oxygen atoms in total. The number of hydrogen-bond acceptors (Lipinski definition) is 4. The minimum absolute atomic E-state index is 0.0226. The molecule has 1 aliphatic rings. The zero-order chi connectivity index (χ0) is 24.3. The first-order valence-corrected chi connectivity index (χ1v) is 12.6. The molecule has 1 N–H and O–H groups in total. The second kappa shape index (κ2) is 10.1. The standard InChI is InChI=1S/C25H33N3O4S/c1-17(2)14-24(29)28-16-21-9-7-6-8-20(21)15-23(28)25(30)26-18(3)19-10-12-22(13-11-19)33(31,32)27(4)5/h6-13,17-18,23H,14-16H2,1-5H3,(H,26,30). The topological polar surface area (TPSA) is 86.8 Å². The first-order valence-electron chi connectivity index (χ1n) is 11.2. The van der Waals surface area contributed by atoms with Gasteiger partial charge in [-0.25, -0.2) is 12.7 Å². The second-order valence-corrected chi connectivity index (χ2v) is 11.3. The van der Waals surface area contributed by atoms with Crippen LogP contribution in [0.15, 0.2) is 53.4 Å². The predicted octanol–water partition coefficient (Wildman–Crippen LogP) is 3.11. The van der Waals surface area contributed by atoms with Crippen LogP contribution < -0.4 is 5.32 Å². The van der Waals surface area contributed by atoms with E-state index in [1.165, 1.54) is 14.1 Å². The molecule has 2 aromatic rings. The van der Waals surface area contributed by atoms with Crippen LogP contribution in [0.2, 0.25) is 0 Å². The van der Waals surface area contributed by atoms with E-state index in [4.69, 9.17) is 0 Å². The maximum atomic E-state index is 13.3. The van der Waals surface area contributed by atoms with E-state index in [-0.39, 0.29) is 28.7 Å². The number of fused-ring (bicyclic) bond motifs is 1. The lowest BCUT2D eigenvalue weighted by Crippen LogP contribution is -2.53. The molecule has 0 aliphatic carbocycles. The van der Waals surface area contributed by atoms with Crippen molar-refractivity contribution in [3.05, 3.63) is 65.2 Å². The lowest BCUT2D eigenvalue weighted by Gasteiger charge is -2.37. The third-order valence-electron chi connectivity index (χ3n) is 5.97. The molecule has 2 unspecified atom stereocenters. The van der Waals surface area contributed by atoms with Gasteiger partial charge >= 0.3 is 0 Å². The molecule has 1 aliphatic heterocycles. The Balaban J connectivity index is 1.78. The largest absolute Gasteiger partial charge is 0.348 e. The van der Waals surface area contributed by atoms with Crippen molar-refractivity contribution in [2.45, 2.75) is 57.1 Å². The van der Waals surface area contributed by atoms with Crippen LogP contribution in [-0.2, 0) is 32.6 Å². The second-order valence-electron chi connectivity index (χ2n) is 9.19. The van der Waals surface area contributed by atoms with Gasteiger partial charge in [-0.05, 0) is 41.7 Å². The van der Waals surface area contributed by atoms with Crippen molar-refractivity contribution < 1.29 is 18.0 Å². The molecule has 0 spiro atoms. The highest BCUT2D eigenvalue weighted by molar-refractivity contribution is 7.89. The fourth-order valence-corrected chi connectivity index (χ4v) is 4.92. The summed E-state index contributed by atoms with van der Waals surface area (Å²) in [5.74, 6) is -0.0288. The molecule has 0 bridgehead atoms. The average molecular weight is 472 g/mol. The smallest absolute Gasteiger partial charge is 0.243 e. The van der Waals surface area contributed by atoms with Crippen molar-refractivity contribution in [2.75, 3.05) is 14.1 Å². The van der Waals surface area contributed by atoms with Gasteiger partial charge in [-0.3, -0.25) is 9.59 Å². The van der Waals surface area contributed by atoms with Crippen molar-refractivity contribution in [3.63, 3.8) is 0 Å². The van der Waals surface area contributed by atoms with Gasteiger partial charge in [-0.2, -0.15) is 0 Å². The van der Waals surface area contributed by atoms with Gasteiger partial charge in [-0.15, -0.1) is 0 Å². The molecule has 0 saturated carbocycles. The highest BCUT2D eigenvalue weighted by Gasteiger charge is 2.35. The van der Waals surface area contributed by atoms with E-state index in [1.54, 1.807) is 29.2 Å². The Labute approximate surface area is 196 Å². The van der Waals surface area contributed by atoms with Crippen molar-refractivity contribution in [3.8, 4) is 0 Å². The Kier molecular flexibility index (Phi) is 7.59. The first-order chi connectivity index (χ1) is 15.5. The maximum Gasteiger partial charge on any atom is 0.243 e. The summed E-state index contributed by atoms with van der Waals surface area (Å²) in [7, 11) is -0.539. The zero-order valence-electron chi connectivity index (χ0n) is 19.9. The van der Waals surface area contributed by atoms with Crippen LogP contribution in [0.3, 0.4) is 0 Å². The molecule has 0 radical (unpaired) electrons. The van der Waals surface area contributed by atoms with Crippen molar-refractivity contribution in [1.29, 1.82) is 0 Å². The van der Waals surface area contributed by atoms with E-state index in [9.17, 15) is 18.0 Å².